The predicted octanol–water partition coefficient (Wildman–Crippen LogP) is 3.91. The number of ether oxygens (including phenoxy) is 2. The molecule has 0 saturated heterocycles. The fourth-order valence-electron chi connectivity index (χ4n) is 6.48. The van der Waals surface area contributed by atoms with E-state index in [4.69, 9.17) is 26.2 Å². The Morgan fingerprint density at radius 3 is 2.49 bits per heavy atom. The molecule has 278 valence electrons. The largest absolute Gasteiger partial charge is 0.490 e. The van der Waals surface area contributed by atoms with Crippen LogP contribution in [0.25, 0.3) is 11.1 Å². The lowest BCUT2D eigenvalue weighted by Gasteiger charge is -2.30. The molecule has 11 nitrogen and oxygen atoms in total. The number of amides is 1. The molecule has 1 heterocycles. The van der Waals surface area contributed by atoms with Gasteiger partial charge in [0, 0.05) is 61.9 Å². The molecule has 0 radical (unpaired) electrons. The van der Waals surface area contributed by atoms with Crippen molar-refractivity contribution in [2.75, 3.05) is 33.4 Å². The molecule has 2 saturated carbocycles. The zero-order chi connectivity index (χ0) is 36.5. The van der Waals surface area contributed by atoms with Crippen LogP contribution in [0.2, 0.25) is 5.02 Å². The van der Waals surface area contributed by atoms with E-state index in [2.05, 4.69) is 35.4 Å². The van der Waals surface area contributed by atoms with Crippen LogP contribution in [0.1, 0.15) is 74.5 Å². The monoisotopic (exact) mass is 725 g/mol. The van der Waals surface area contributed by atoms with Gasteiger partial charge in [0.05, 0.1) is 12.7 Å². The molecule has 12 heteroatoms. The number of rotatable bonds is 21. The molecule has 1 amide bonds. The number of carbonyl (C=O) groups excluding carboxylic acids is 1. The quantitative estimate of drug-likeness (QED) is 0.0888. The maximum atomic E-state index is 13.1. The van der Waals surface area contributed by atoms with E-state index in [0.29, 0.717) is 43.7 Å². The highest BCUT2D eigenvalue weighted by Gasteiger charge is 2.46. The zero-order valence-corrected chi connectivity index (χ0v) is 30.2. The number of aromatic nitrogens is 1. The van der Waals surface area contributed by atoms with Gasteiger partial charge in [0.15, 0.2) is 6.10 Å². The van der Waals surface area contributed by atoms with Crippen molar-refractivity contribution in [2.24, 2.45) is 0 Å². The average molecular weight is 726 g/mol. The third kappa shape index (κ3) is 10.1. The van der Waals surface area contributed by atoms with Crippen LogP contribution in [-0.4, -0.2) is 105 Å². The number of halogens is 1. The summed E-state index contributed by atoms with van der Waals surface area (Å²) in [6, 6.07) is 16.4. The molecule has 0 aliphatic heterocycles. The lowest BCUT2D eigenvalue weighted by atomic mass is 9.93. The van der Waals surface area contributed by atoms with Crippen LogP contribution in [0.4, 0.5) is 0 Å². The number of benzene rings is 2. The predicted molar refractivity (Wildman–Crippen MR) is 194 cm³/mol. The first kappa shape index (κ1) is 39.1. The van der Waals surface area contributed by atoms with Gasteiger partial charge in [-0.05, 0) is 91.3 Å². The van der Waals surface area contributed by atoms with Crippen molar-refractivity contribution in [2.45, 2.75) is 100 Å². The first-order chi connectivity index (χ1) is 24.6. The Morgan fingerprint density at radius 1 is 1.04 bits per heavy atom. The minimum atomic E-state index is -1.96. The maximum absolute atomic E-state index is 13.1. The first-order valence-corrected chi connectivity index (χ1v) is 18.3. The summed E-state index contributed by atoms with van der Waals surface area (Å²) >= 11 is 6.73. The molecular formula is C39H52ClN3O8. The Morgan fingerprint density at radius 2 is 1.78 bits per heavy atom. The van der Waals surface area contributed by atoms with Crippen molar-refractivity contribution in [3.8, 4) is 16.9 Å². The molecule has 5 rings (SSSR count). The molecule has 2 aromatic carbocycles. The van der Waals surface area contributed by atoms with E-state index in [1.54, 1.807) is 7.11 Å². The van der Waals surface area contributed by atoms with E-state index >= 15 is 0 Å². The van der Waals surface area contributed by atoms with Crippen molar-refractivity contribution >= 4 is 17.5 Å². The molecule has 51 heavy (non-hydrogen) atoms. The van der Waals surface area contributed by atoms with Crippen LogP contribution in [0.15, 0.2) is 60.9 Å². The summed E-state index contributed by atoms with van der Waals surface area (Å²) < 4.78 is 11.4. The molecule has 1 aromatic heterocycles. The molecular weight excluding hydrogens is 674 g/mol. The van der Waals surface area contributed by atoms with Crippen LogP contribution in [0.3, 0.4) is 0 Å². The molecule has 3 aromatic rings. The molecule has 6 N–H and O–H groups in total. The normalized spacial score (nSPS) is 18.0. The van der Waals surface area contributed by atoms with E-state index in [1.807, 2.05) is 42.7 Å². The number of para-hydroxylation sites is 1. The van der Waals surface area contributed by atoms with E-state index < -0.39 is 36.9 Å². The fraction of sp³-hybridized carbons (Fsp3) is 0.538. The summed E-state index contributed by atoms with van der Waals surface area (Å²) in [4.78, 5) is 19.1. The highest BCUT2D eigenvalue weighted by Crippen LogP contribution is 2.50. The zero-order valence-electron chi connectivity index (χ0n) is 29.5. The fourth-order valence-corrected chi connectivity index (χ4v) is 6.66. The summed E-state index contributed by atoms with van der Waals surface area (Å²) in [6.07, 6.45) is 2.61. The van der Waals surface area contributed by atoms with Gasteiger partial charge in [-0.25, -0.2) is 0 Å². The van der Waals surface area contributed by atoms with E-state index in [9.17, 15) is 25.2 Å². The summed E-state index contributed by atoms with van der Waals surface area (Å²) in [5.74, 6) is 0.276. The van der Waals surface area contributed by atoms with Gasteiger partial charge in [-0.1, -0.05) is 48.9 Å². The standard InChI is InChI=1S/C39H52ClN3O8/c1-25(7-5-18-43(19-6-20-50-2)38(49)37(48)36(47)35(46)33(45)24-44)26-10-13-32(40)27(21-26)22-42-39(15-16-39)31-23-41-17-14-29(31)30-8-3-4-9-34(30)51-28-11-12-28/h3-4,8-10,13-14,17,21,23,25,28,33,35-37,42,44-48H,5-7,11-12,15-16,18-20,22,24H2,1-2H3/t25?,33-,35+,36-,37-/m0/s1. The van der Waals surface area contributed by atoms with Gasteiger partial charge >= 0.3 is 0 Å². The molecule has 2 fully saturated rings. The van der Waals surface area contributed by atoms with Gasteiger partial charge in [0.2, 0.25) is 0 Å². The molecule has 0 bridgehead atoms. The smallest absolute Gasteiger partial charge is 0.254 e. The van der Waals surface area contributed by atoms with Crippen LogP contribution in [0, 0.1) is 0 Å². The topological polar surface area (TPSA) is 165 Å². The molecule has 0 spiro atoms. The number of hydrogen-bond acceptors (Lipinski definition) is 10. The highest BCUT2D eigenvalue weighted by molar-refractivity contribution is 6.31. The van der Waals surface area contributed by atoms with E-state index in [0.717, 1.165) is 65.7 Å². The van der Waals surface area contributed by atoms with E-state index in [-0.39, 0.29) is 18.0 Å². The summed E-state index contributed by atoms with van der Waals surface area (Å²) in [5.41, 5.74) is 5.24. The van der Waals surface area contributed by atoms with Crippen LogP contribution in [-0.2, 0) is 21.6 Å². The Labute approximate surface area is 305 Å². The highest BCUT2D eigenvalue weighted by atomic mass is 35.5. The Balaban J connectivity index is 1.22. The summed E-state index contributed by atoms with van der Waals surface area (Å²) in [6.45, 7) is 2.86. The lowest BCUT2D eigenvalue weighted by Crippen LogP contribution is -2.53. The third-order valence-corrected chi connectivity index (χ3v) is 10.4. The number of hydrogen-bond donors (Lipinski definition) is 6. The van der Waals surface area contributed by atoms with E-state index in [1.165, 1.54) is 4.90 Å². The third-order valence-electron chi connectivity index (χ3n) is 10.00. The van der Waals surface area contributed by atoms with Crippen LogP contribution < -0.4 is 10.1 Å². The molecule has 1 unspecified atom stereocenters. The van der Waals surface area contributed by atoms with Gasteiger partial charge < -0.3 is 45.2 Å². The number of pyridine rings is 1. The van der Waals surface area contributed by atoms with Crippen molar-refractivity contribution in [1.29, 1.82) is 0 Å². The summed E-state index contributed by atoms with van der Waals surface area (Å²) in [7, 11) is 1.56. The number of carbonyl (C=O) groups is 1. The molecule has 2 aliphatic carbocycles. The molecule has 5 atom stereocenters. The number of aliphatic hydroxyl groups is 5. The van der Waals surface area contributed by atoms with Crippen LogP contribution >= 0.6 is 11.6 Å². The SMILES string of the molecule is COCCCN(CCCC(C)c1ccc(Cl)c(CNC2(c3cnccc3-c3ccccc3OC3CC3)CC2)c1)C(=O)[C@@H](O)[C@@H](O)[C@H](O)[C@@H](O)CO. The Kier molecular flexibility index (Phi) is 13.9. The van der Waals surface area contributed by atoms with Gasteiger partial charge in [-0.2, -0.15) is 0 Å². The second-order valence-corrected chi connectivity index (χ2v) is 14.3. The van der Waals surface area contributed by atoms with Crippen molar-refractivity contribution in [3.05, 3.63) is 82.6 Å². The summed E-state index contributed by atoms with van der Waals surface area (Å²) in [5, 5.41) is 54.1. The number of methoxy groups -OCH3 is 1. The second-order valence-electron chi connectivity index (χ2n) is 13.9. The van der Waals surface area contributed by atoms with Crippen molar-refractivity contribution in [3.63, 3.8) is 0 Å². The van der Waals surface area contributed by atoms with Crippen LogP contribution in [0.5, 0.6) is 5.75 Å². The van der Waals surface area contributed by atoms with Crippen molar-refractivity contribution in [1.82, 2.24) is 15.2 Å². The lowest BCUT2D eigenvalue weighted by molar-refractivity contribution is -0.158. The second kappa shape index (κ2) is 18.1. The van der Waals surface area contributed by atoms with Gasteiger partial charge in [0.1, 0.15) is 24.1 Å². The number of nitrogens with one attached hydrogen (secondary N) is 1. The number of nitrogens with zero attached hydrogens (tertiary/aromatic N) is 2. The molecule has 2 aliphatic rings. The minimum absolute atomic E-state index is 0.136. The van der Waals surface area contributed by atoms with Gasteiger partial charge in [0.25, 0.3) is 5.91 Å². The number of aliphatic hydroxyl groups excluding tert-OH is 5. The van der Waals surface area contributed by atoms with Gasteiger partial charge in [-0.3, -0.25) is 9.78 Å². The van der Waals surface area contributed by atoms with Gasteiger partial charge in [-0.15, -0.1) is 0 Å². The average Bonchev–Trinajstić information content (AvgIpc) is 4.10. The minimum Gasteiger partial charge on any atom is -0.490 e. The maximum Gasteiger partial charge on any atom is 0.254 e. The van der Waals surface area contributed by atoms with Crippen molar-refractivity contribution < 1.29 is 39.8 Å². The Hall–Kier alpha value is -3.13. The Bertz CT molecular complexity index is 1590. The first-order valence-electron chi connectivity index (χ1n) is 17.9.